The predicted molar refractivity (Wildman–Crippen MR) is 106 cm³/mol. The summed E-state index contributed by atoms with van der Waals surface area (Å²) in [6.45, 7) is 7.95. The van der Waals surface area contributed by atoms with Gasteiger partial charge in [0.15, 0.2) is 0 Å². The fourth-order valence-electron chi connectivity index (χ4n) is 5.84. The molecule has 3 heteroatoms. The first kappa shape index (κ1) is 15.9. The highest BCUT2D eigenvalue weighted by atomic mass is 16.2. The maximum Gasteiger partial charge on any atom is 0.254 e. The molecule has 2 atom stereocenters. The highest BCUT2D eigenvalue weighted by Gasteiger charge is 2.51. The third-order valence-corrected chi connectivity index (χ3v) is 6.43. The van der Waals surface area contributed by atoms with Crippen LogP contribution in [0, 0.1) is 10.8 Å². The van der Waals surface area contributed by atoms with Crippen molar-refractivity contribution in [3.8, 4) is 0 Å². The summed E-state index contributed by atoms with van der Waals surface area (Å²) in [7, 11) is 0. The van der Waals surface area contributed by atoms with E-state index in [1.54, 1.807) is 0 Å². The number of fused-ring (bicyclic) bond motifs is 5. The zero-order chi connectivity index (χ0) is 18.1. The zero-order valence-corrected chi connectivity index (χ0v) is 15.8. The fourth-order valence-corrected chi connectivity index (χ4v) is 5.84. The molecule has 26 heavy (non-hydrogen) atoms. The minimum absolute atomic E-state index is 0.198. The van der Waals surface area contributed by atoms with Gasteiger partial charge in [-0.15, -0.1) is 0 Å². The van der Waals surface area contributed by atoms with Crippen LogP contribution in [-0.2, 0) is 0 Å². The van der Waals surface area contributed by atoms with Crippen LogP contribution in [0.15, 0.2) is 42.5 Å². The fraction of sp³-hybridized carbons (Fsp3) is 0.435. The number of rotatable bonds is 1. The number of aromatic nitrogens is 1. The molecule has 5 rings (SSSR count). The Hall–Kier alpha value is -2.29. The zero-order valence-electron chi connectivity index (χ0n) is 15.8. The van der Waals surface area contributed by atoms with E-state index < -0.39 is 0 Å². The average Bonchev–Trinajstić information content (AvgIpc) is 3.07. The van der Waals surface area contributed by atoms with E-state index in [9.17, 15) is 4.79 Å². The number of aromatic amines is 1. The van der Waals surface area contributed by atoms with E-state index in [-0.39, 0.29) is 11.3 Å². The van der Waals surface area contributed by atoms with Crippen molar-refractivity contribution in [1.29, 1.82) is 0 Å². The molecule has 1 saturated carbocycles. The minimum Gasteiger partial charge on any atom is -0.355 e. The Bertz CT molecular complexity index is 1030. The lowest BCUT2D eigenvalue weighted by atomic mass is 9.65. The Morgan fingerprint density at radius 3 is 2.65 bits per heavy atom. The molecular formula is C23H26N2O. The van der Waals surface area contributed by atoms with Gasteiger partial charge in [0.05, 0.1) is 0 Å². The summed E-state index contributed by atoms with van der Waals surface area (Å²) in [4.78, 5) is 19.0. The van der Waals surface area contributed by atoms with Crippen molar-refractivity contribution in [2.24, 2.45) is 10.8 Å². The lowest BCUT2D eigenvalue weighted by molar-refractivity contribution is 0.0708. The first-order valence-electron chi connectivity index (χ1n) is 9.65. The predicted octanol–water partition coefficient (Wildman–Crippen LogP) is 5.36. The van der Waals surface area contributed by atoms with Gasteiger partial charge in [0.25, 0.3) is 5.91 Å². The topological polar surface area (TPSA) is 36.1 Å². The molecule has 2 unspecified atom stereocenters. The summed E-state index contributed by atoms with van der Waals surface area (Å²) in [5.74, 6) is 0.198. The number of H-pyrrole nitrogens is 1. The van der Waals surface area contributed by atoms with Gasteiger partial charge in [-0.3, -0.25) is 4.79 Å². The van der Waals surface area contributed by atoms with Crippen molar-refractivity contribution < 1.29 is 4.79 Å². The number of hydrogen-bond donors (Lipinski definition) is 1. The van der Waals surface area contributed by atoms with Gasteiger partial charge in [-0.1, -0.05) is 39.0 Å². The largest absolute Gasteiger partial charge is 0.355 e. The van der Waals surface area contributed by atoms with Crippen LogP contribution in [-0.4, -0.2) is 28.4 Å². The number of carbonyl (C=O) groups is 1. The first-order valence-corrected chi connectivity index (χ1v) is 9.65. The number of likely N-dealkylation sites (tertiary alicyclic amines) is 1. The van der Waals surface area contributed by atoms with Gasteiger partial charge < -0.3 is 9.88 Å². The summed E-state index contributed by atoms with van der Waals surface area (Å²) >= 11 is 0. The number of carbonyl (C=O) groups excluding carboxylic acids is 1. The number of benzene rings is 2. The molecule has 1 amide bonds. The van der Waals surface area contributed by atoms with Crippen LogP contribution in [0.3, 0.4) is 0 Å². The molecule has 0 radical (unpaired) electrons. The number of amides is 1. The Balaban J connectivity index is 1.54. The standard InChI is InChI=1S/C23H26N2O/c1-22(2)11-16-12-23(3,13-22)14-25(16)21(26)15-8-9-20-18(10-15)17-6-4-5-7-19(17)24-20/h4-10,16,24H,11-14H2,1-3H3. The summed E-state index contributed by atoms with van der Waals surface area (Å²) in [6, 6.07) is 14.8. The van der Waals surface area contributed by atoms with Gasteiger partial charge in [0.2, 0.25) is 0 Å². The average molecular weight is 346 g/mol. The molecule has 2 aliphatic rings. The normalized spacial score (nSPS) is 27.3. The summed E-state index contributed by atoms with van der Waals surface area (Å²) in [5.41, 5.74) is 3.63. The first-order chi connectivity index (χ1) is 12.3. The van der Waals surface area contributed by atoms with Crippen molar-refractivity contribution in [2.75, 3.05) is 6.54 Å². The maximum atomic E-state index is 13.4. The van der Waals surface area contributed by atoms with Crippen LogP contribution in [0.1, 0.15) is 50.4 Å². The van der Waals surface area contributed by atoms with Gasteiger partial charge in [-0.05, 0) is 54.4 Å². The summed E-state index contributed by atoms with van der Waals surface area (Å²) in [6.07, 6.45) is 3.48. The van der Waals surface area contributed by atoms with Crippen LogP contribution < -0.4 is 0 Å². The quantitative estimate of drug-likeness (QED) is 0.632. The van der Waals surface area contributed by atoms with E-state index in [0.717, 1.165) is 41.4 Å². The second-order valence-corrected chi connectivity index (χ2v) is 9.58. The lowest BCUT2D eigenvalue weighted by Gasteiger charge is -2.39. The lowest BCUT2D eigenvalue weighted by Crippen LogP contribution is -2.37. The van der Waals surface area contributed by atoms with E-state index in [1.807, 2.05) is 12.1 Å². The third kappa shape index (κ3) is 2.37. The van der Waals surface area contributed by atoms with Crippen LogP contribution in [0.5, 0.6) is 0 Å². The Morgan fingerprint density at radius 1 is 1.04 bits per heavy atom. The minimum atomic E-state index is 0.198. The molecule has 2 fully saturated rings. The molecular weight excluding hydrogens is 320 g/mol. The molecule has 3 aromatic rings. The van der Waals surface area contributed by atoms with Crippen molar-refractivity contribution in [3.05, 3.63) is 48.0 Å². The van der Waals surface area contributed by atoms with Crippen molar-refractivity contribution in [1.82, 2.24) is 9.88 Å². The monoisotopic (exact) mass is 346 g/mol. The second-order valence-electron chi connectivity index (χ2n) is 9.58. The van der Waals surface area contributed by atoms with E-state index >= 15 is 0 Å². The molecule has 134 valence electrons. The third-order valence-electron chi connectivity index (χ3n) is 6.43. The second kappa shape index (κ2) is 5.12. The van der Waals surface area contributed by atoms with Crippen LogP contribution in [0.25, 0.3) is 21.8 Å². The molecule has 2 heterocycles. The van der Waals surface area contributed by atoms with Crippen molar-refractivity contribution in [3.63, 3.8) is 0 Å². The summed E-state index contributed by atoms with van der Waals surface area (Å²) < 4.78 is 0. The number of hydrogen-bond acceptors (Lipinski definition) is 1. The number of nitrogens with one attached hydrogen (secondary N) is 1. The SMILES string of the molecule is CC1(C)CC2CC(C)(CN2C(=O)c2ccc3[nH]c4ccccc4c3c2)C1. The number of para-hydroxylation sites is 1. The molecule has 2 aromatic carbocycles. The Kier molecular flexibility index (Phi) is 3.14. The molecule has 0 spiro atoms. The molecule has 1 saturated heterocycles. The molecule has 1 aliphatic carbocycles. The van der Waals surface area contributed by atoms with E-state index in [4.69, 9.17) is 0 Å². The smallest absolute Gasteiger partial charge is 0.254 e. The Morgan fingerprint density at radius 2 is 1.81 bits per heavy atom. The molecule has 1 N–H and O–H groups in total. The van der Waals surface area contributed by atoms with Gasteiger partial charge in [0, 0.05) is 40.0 Å². The highest BCUT2D eigenvalue weighted by molar-refractivity contribution is 6.10. The van der Waals surface area contributed by atoms with E-state index in [2.05, 4.69) is 61.0 Å². The highest BCUT2D eigenvalue weighted by Crippen LogP contribution is 2.52. The molecule has 1 aliphatic heterocycles. The molecule has 1 aromatic heterocycles. The Labute approximate surface area is 154 Å². The van der Waals surface area contributed by atoms with Gasteiger partial charge in [0.1, 0.15) is 0 Å². The summed E-state index contributed by atoms with van der Waals surface area (Å²) in [5, 5.41) is 2.32. The number of nitrogens with zero attached hydrogens (tertiary/aromatic N) is 1. The van der Waals surface area contributed by atoms with Crippen molar-refractivity contribution >= 4 is 27.7 Å². The van der Waals surface area contributed by atoms with Gasteiger partial charge in [-0.2, -0.15) is 0 Å². The van der Waals surface area contributed by atoms with Gasteiger partial charge >= 0.3 is 0 Å². The molecule has 2 bridgehead atoms. The van der Waals surface area contributed by atoms with E-state index in [1.165, 1.54) is 11.8 Å². The van der Waals surface area contributed by atoms with Gasteiger partial charge in [-0.25, -0.2) is 0 Å². The maximum absolute atomic E-state index is 13.4. The van der Waals surface area contributed by atoms with Crippen LogP contribution in [0.2, 0.25) is 0 Å². The van der Waals surface area contributed by atoms with Crippen LogP contribution in [0.4, 0.5) is 0 Å². The van der Waals surface area contributed by atoms with E-state index in [0.29, 0.717) is 11.5 Å². The van der Waals surface area contributed by atoms with Crippen molar-refractivity contribution in [2.45, 2.75) is 46.1 Å². The van der Waals surface area contributed by atoms with Crippen LogP contribution >= 0.6 is 0 Å². The molecule has 3 nitrogen and oxygen atoms in total.